The van der Waals surface area contributed by atoms with E-state index in [0.29, 0.717) is 12.1 Å². The Hall–Kier alpha value is -1.77. The van der Waals surface area contributed by atoms with E-state index in [1.165, 1.54) is 0 Å². The average Bonchev–Trinajstić information content (AvgIpc) is 2.59. The minimum atomic E-state index is -0.692. The summed E-state index contributed by atoms with van der Waals surface area (Å²) in [6.45, 7) is 0. The molecule has 1 fully saturated rings. The van der Waals surface area contributed by atoms with Gasteiger partial charge in [-0.3, -0.25) is 14.6 Å². The summed E-state index contributed by atoms with van der Waals surface area (Å²) in [7, 11) is 0. The van der Waals surface area contributed by atoms with Gasteiger partial charge in [-0.1, -0.05) is 24.3 Å². The molecule has 0 amide bonds. The van der Waals surface area contributed by atoms with Crippen molar-refractivity contribution in [3.8, 4) is 0 Å². The zero-order valence-electron chi connectivity index (χ0n) is 8.06. The number of ketones is 2. The second kappa shape index (κ2) is 2.63. The van der Waals surface area contributed by atoms with Gasteiger partial charge >= 0.3 is 0 Å². The first-order chi connectivity index (χ1) is 7.23. The van der Waals surface area contributed by atoms with Crippen molar-refractivity contribution in [1.82, 2.24) is 0 Å². The van der Waals surface area contributed by atoms with Gasteiger partial charge < -0.3 is 0 Å². The number of carbonyl (C=O) groups excluding carboxylic acids is 2. The maximum Gasteiger partial charge on any atom is 0.160 e. The lowest BCUT2D eigenvalue weighted by Crippen LogP contribution is -2.44. The van der Waals surface area contributed by atoms with Crippen LogP contribution in [0.4, 0.5) is 0 Å². The van der Waals surface area contributed by atoms with Crippen LogP contribution in [0.25, 0.3) is 0 Å². The summed E-state index contributed by atoms with van der Waals surface area (Å²) < 4.78 is 0. The van der Waals surface area contributed by atoms with Crippen LogP contribution in [0, 0.1) is 5.41 Å². The molecule has 3 nitrogen and oxygen atoms in total. The summed E-state index contributed by atoms with van der Waals surface area (Å²) in [5, 5.41) is 0. The summed E-state index contributed by atoms with van der Waals surface area (Å²) >= 11 is 0. The molecular formula is C12H9NO2. The maximum absolute atomic E-state index is 12.0. The molecule has 15 heavy (non-hydrogen) atoms. The Morgan fingerprint density at radius 2 is 2.07 bits per heavy atom. The quantitative estimate of drug-likeness (QED) is 0.553. The Morgan fingerprint density at radius 1 is 1.20 bits per heavy atom. The van der Waals surface area contributed by atoms with Crippen LogP contribution in [0.1, 0.15) is 12.8 Å². The molecule has 3 rings (SSSR count). The lowest BCUT2D eigenvalue weighted by atomic mass is 9.66. The number of Topliss-reactive ketones (excluding diaryl/α,β-unsaturated/α-hetero) is 2. The molecule has 0 aromatic rings. The number of carbonyl (C=O) groups is 2. The molecule has 0 aromatic heterocycles. The van der Waals surface area contributed by atoms with Crippen LogP contribution in [-0.4, -0.2) is 17.3 Å². The van der Waals surface area contributed by atoms with Gasteiger partial charge in [0.05, 0.1) is 6.42 Å². The van der Waals surface area contributed by atoms with E-state index >= 15 is 0 Å². The third-order valence-electron chi connectivity index (χ3n) is 3.17. The SMILES string of the molecule is O=C1CC(=O)C23C=CC=CC2=CN=C3C1. The van der Waals surface area contributed by atoms with Gasteiger partial charge in [-0.05, 0) is 5.57 Å². The molecule has 1 spiro atoms. The molecule has 1 aliphatic heterocycles. The fourth-order valence-electron chi connectivity index (χ4n) is 2.41. The number of rotatable bonds is 0. The number of nitrogens with zero attached hydrogens (tertiary/aromatic N) is 1. The Morgan fingerprint density at radius 3 is 2.93 bits per heavy atom. The van der Waals surface area contributed by atoms with Gasteiger partial charge in [-0.15, -0.1) is 0 Å². The van der Waals surface area contributed by atoms with E-state index in [1.54, 1.807) is 6.20 Å². The maximum atomic E-state index is 12.0. The molecule has 0 radical (unpaired) electrons. The van der Waals surface area contributed by atoms with Crippen molar-refractivity contribution in [3.63, 3.8) is 0 Å². The number of allylic oxidation sites excluding steroid dienone is 5. The van der Waals surface area contributed by atoms with Gasteiger partial charge in [-0.25, -0.2) is 0 Å². The Bertz CT molecular complexity index is 494. The molecule has 2 aliphatic carbocycles. The third kappa shape index (κ3) is 0.923. The van der Waals surface area contributed by atoms with Crippen molar-refractivity contribution in [2.45, 2.75) is 12.8 Å². The number of hydrogen-bond donors (Lipinski definition) is 0. The second-order valence-corrected chi connectivity index (χ2v) is 4.00. The van der Waals surface area contributed by atoms with Crippen LogP contribution in [0.3, 0.4) is 0 Å². The van der Waals surface area contributed by atoms with Crippen molar-refractivity contribution in [3.05, 3.63) is 36.1 Å². The molecule has 1 unspecified atom stereocenters. The van der Waals surface area contributed by atoms with Gasteiger partial charge in [0.1, 0.15) is 11.2 Å². The molecule has 0 bridgehead atoms. The molecule has 0 aromatic carbocycles. The fraction of sp³-hybridized carbons (Fsp3) is 0.250. The highest BCUT2D eigenvalue weighted by Gasteiger charge is 2.50. The lowest BCUT2D eigenvalue weighted by Gasteiger charge is -2.32. The zero-order chi connectivity index (χ0) is 10.5. The largest absolute Gasteiger partial charge is 0.299 e. The number of hydrogen-bond acceptors (Lipinski definition) is 3. The Kier molecular flexibility index (Phi) is 1.49. The fourth-order valence-corrected chi connectivity index (χ4v) is 2.41. The molecule has 3 aliphatic rings. The predicted molar refractivity (Wildman–Crippen MR) is 55.5 cm³/mol. The van der Waals surface area contributed by atoms with Crippen LogP contribution in [0.2, 0.25) is 0 Å². The smallest absolute Gasteiger partial charge is 0.160 e. The van der Waals surface area contributed by atoms with E-state index in [2.05, 4.69) is 4.99 Å². The van der Waals surface area contributed by atoms with Crippen molar-refractivity contribution >= 4 is 17.3 Å². The van der Waals surface area contributed by atoms with Crippen molar-refractivity contribution in [2.75, 3.05) is 0 Å². The first-order valence-electron chi connectivity index (χ1n) is 4.92. The van der Waals surface area contributed by atoms with Gasteiger partial charge in [0, 0.05) is 18.3 Å². The van der Waals surface area contributed by atoms with E-state index < -0.39 is 5.41 Å². The average molecular weight is 199 g/mol. The Balaban J connectivity index is 2.18. The monoisotopic (exact) mass is 199 g/mol. The summed E-state index contributed by atoms with van der Waals surface area (Å²) in [6.07, 6.45) is 9.54. The van der Waals surface area contributed by atoms with Crippen molar-refractivity contribution in [1.29, 1.82) is 0 Å². The summed E-state index contributed by atoms with van der Waals surface area (Å²) in [5.74, 6) is -0.0659. The second-order valence-electron chi connectivity index (χ2n) is 4.00. The standard InChI is InChI=1S/C12H9NO2/c14-9-5-10-12(11(15)6-9)4-2-1-3-8(12)7-13-10/h1-4,7H,5-6H2. The van der Waals surface area contributed by atoms with Crippen molar-refractivity contribution in [2.24, 2.45) is 10.4 Å². The highest BCUT2D eigenvalue weighted by Crippen LogP contribution is 2.44. The van der Waals surface area contributed by atoms with E-state index in [4.69, 9.17) is 0 Å². The first kappa shape index (κ1) is 8.53. The zero-order valence-corrected chi connectivity index (χ0v) is 8.06. The van der Waals surface area contributed by atoms with Crippen molar-refractivity contribution < 1.29 is 9.59 Å². The van der Waals surface area contributed by atoms with Gasteiger partial charge in [0.25, 0.3) is 0 Å². The molecule has 1 saturated carbocycles. The molecular weight excluding hydrogens is 190 g/mol. The predicted octanol–water partition coefficient (Wildman–Crippen LogP) is 1.37. The topological polar surface area (TPSA) is 46.5 Å². The van der Waals surface area contributed by atoms with Crippen LogP contribution < -0.4 is 0 Å². The van der Waals surface area contributed by atoms with Gasteiger partial charge in [0.15, 0.2) is 5.78 Å². The third-order valence-corrected chi connectivity index (χ3v) is 3.17. The molecule has 0 saturated heterocycles. The van der Waals surface area contributed by atoms with Crippen LogP contribution in [0.15, 0.2) is 41.1 Å². The molecule has 3 heteroatoms. The highest BCUT2D eigenvalue weighted by atomic mass is 16.2. The normalized spacial score (nSPS) is 32.3. The van der Waals surface area contributed by atoms with Crippen LogP contribution >= 0.6 is 0 Å². The number of aliphatic imine (C=N–C) groups is 1. The van der Waals surface area contributed by atoms with Crippen LogP contribution in [-0.2, 0) is 9.59 Å². The summed E-state index contributed by atoms with van der Waals surface area (Å²) in [4.78, 5) is 27.5. The van der Waals surface area contributed by atoms with E-state index in [-0.39, 0.29) is 18.0 Å². The first-order valence-corrected chi connectivity index (χ1v) is 4.92. The highest BCUT2D eigenvalue weighted by molar-refractivity contribution is 6.29. The summed E-state index contributed by atoms with van der Waals surface area (Å²) in [6, 6.07) is 0. The summed E-state index contributed by atoms with van der Waals surface area (Å²) in [5.41, 5.74) is 0.903. The van der Waals surface area contributed by atoms with Gasteiger partial charge in [-0.2, -0.15) is 0 Å². The minimum Gasteiger partial charge on any atom is -0.299 e. The van der Waals surface area contributed by atoms with E-state index in [1.807, 2.05) is 24.3 Å². The van der Waals surface area contributed by atoms with E-state index in [0.717, 1.165) is 5.57 Å². The minimum absolute atomic E-state index is 0.0259. The van der Waals surface area contributed by atoms with E-state index in [9.17, 15) is 9.59 Å². The Labute approximate surface area is 86.9 Å². The van der Waals surface area contributed by atoms with Crippen LogP contribution in [0.5, 0.6) is 0 Å². The molecule has 1 atom stereocenters. The van der Waals surface area contributed by atoms with Gasteiger partial charge in [0.2, 0.25) is 0 Å². The molecule has 74 valence electrons. The molecule has 1 heterocycles. The lowest BCUT2D eigenvalue weighted by molar-refractivity contribution is -0.129. The molecule has 0 N–H and O–H groups in total.